The van der Waals surface area contributed by atoms with Crippen molar-refractivity contribution in [2.75, 3.05) is 13.1 Å². The van der Waals surface area contributed by atoms with E-state index in [-0.39, 0.29) is 5.91 Å². The lowest BCUT2D eigenvalue weighted by atomic mass is 9.94. The molecule has 1 aliphatic carbocycles. The number of aromatic nitrogens is 2. The highest BCUT2D eigenvalue weighted by Gasteiger charge is 2.30. The van der Waals surface area contributed by atoms with E-state index >= 15 is 0 Å². The van der Waals surface area contributed by atoms with E-state index in [1.807, 2.05) is 4.90 Å². The number of carbonyl (C=O) groups is 1. The summed E-state index contributed by atoms with van der Waals surface area (Å²) in [6.45, 7) is 1.48. The van der Waals surface area contributed by atoms with Gasteiger partial charge in [-0.15, -0.1) is 0 Å². The number of carbonyl (C=O) groups excluding carboxylic acids is 1. The summed E-state index contributed by atoms with van der Waals surface area (Å²) in [4.78, 5) is 19.1. The molecule has 2 heterocycles. The molecule has 6 heteroatoms. The Morgan fingerprint density at radius 1 is 1.28 bits per heavy atom. The second-order valence-corrected chi connectivity index (χ2v) is 6.97. The van der Waals surface area contributed by atoms with Crippen LogP contribution >= 0.6 is 0 Å². The third-order valence-electron chi connectivity index (χ3n) is 4.96. The summed E-state index contributed by atoms with van der Waals surface area (Å²) >= 11 is 0. The van der Waals surface area contributed by atoms with Crippen molar-refractivity contribution in [3.8, 4) is 6.07 Å². The van der Waals surface area contributed by atoms with Gasteiger partial charge in [-0.25, -0.2) is 0 Å². The molecule has 1 amide bonds. The molecule has 2 aliphatic rings. The Hall–Kier alpha value is -2.68. The van der Waals surface area contributed by atoms with E-state index in [4.69, 9.17) is 9.78 Å². The predicted octanol–water partition coefficient (Wildman–Crippen LogP) is 2.91. The Bertz CT molecular complexity index is 802. The Kier molecular flexibility index (Phi) is 4.22. The summed E-state index contributed by atoms with van der Waals surface area (Å²) in [7, 11) is 0. The van der Waals surface area contributed by atoms with Crippen molar-refractivity contribution in [1.82, 2.24) is 15.0 Å². The highest BCUT2D eigenvalue weighted by atomic mass is 16.5. The molecule has 128 valence electrons. The SMILES string of the molecule is N#Cc1ccc(C(=O)N2CCC[C@@H](Cc3nc(C4CC4)no3)C2)cc1. The molecule has 1 aliphatic heterocycles. The van der Waals surface area contributed by atoms with E-state index in [0.717, 1.165) is 44.5 Å². The standard InChI is InChI=1S/C19H20N4O2/c20-11-13-3-5-16(6-4-13)19(24)23-9-1-2-14(12-23)10-17-21-18(22-25-17)15-7-8-15/h3-6,14-15H,1-2,7-10,12H2/t14-/m0/s1. The second-order valence-electron chi connectivity index (χ2n) is 6.97. The Morgan fingerprint density at radius 2 is 2.08 bits per heavy atom. The van der Waals surface area contributed by atoms with Crippen LogP contribution < -0.4 is 0 Å². The number of amides is 1. The zero-order chi connectivity index (χ0) is 17.2. The molecule has 6 nitrogen and oxygen atoms in total. The summed E-state index contributed by atoms with van der Waals surface area (Å²) in [5.74, 6) is 2.41. The van der Waals surface area contributed by atoms with Crippen LogP contribution in [-0.4, -0.2) is 34.0 Å². The van der Waals surface area contributed by atoms with E-state index in [0.29, 0.717) is 35.4 Å². The smallest absolute Gasteiger partial charge is 0.253 e. The molecule has 0 N–H and O–H groups in total. The molecular weight excluding hydrogens is 316 g/mol. The Morgan fingerprint density at radius 3 is 2.80 bits per heavy atom. The third kappa shape index (κ3) is 3.55. The van der Waals surface area contributed by atoms with Crippen molar-refractivity contribution in [2.24, 2.45) is 5.92 Å². The van der Waals surface area contributed by atoms with Gasteiger partial charge in [0.1, 0.15) is 0 Å². The predicted molar refractivity (Wildman–Crippen MR) is 89.8 cm³/mol. The quantitative estimate of drug-likeness (QED) is 0.857. The molecule has 25 heavy (non-hydrogen) atoms. The van der Waals surface area contributed by atoms with Crippen LogP contribution in [0.3, 0.4) is 0 Å². The fourth-order valence-corrected chi connectivity index (χ4v) is 3.39. The first-order valence-corrected chi connectivity index (χ1v) is 8.85. The van der Waals surface area contributed by atoms with Crippen molar-refractivity contribution >= 4 is 5.91 Å². The molecule has 1 aromatic carbocycles. The number of nitriles is 1. The maximum Gasteiger partial charge on any atom is 0.253 e. The van der Waals surface area contributed by atoms with E-state index in [9.17, 15) is 4.79 Å². The van der Waals surface area contributed by atoms with Gasteiger partial charge in [0.15, 0.2) is 5.82 Å². The average Bonchev–Trinajstić information content (AvgIpc) is 3.41. The van der Waals surface area contributed by atoms with Crippen LogP contribution in [-0.2, 0) is 6.42 Å². The zero-order valence-corrected chi connectivity index (χ0v) is 14.0. The molecule has 2 fully saturated rings. The Balaban J connectivity index is 1.39. The number of benzene rings is 1. The van der Waals surface area contributed by atoms with Gasteiger partial charge in [0.25, 0.3) is 5.91 Å². The lowest BCUT2D eigenvalue weighted by molar-refractivity contribution is 0.0668. The molecule has 1 saturated carbocycles. The summed E-state index contributed by atoms with van der Waals surface area (Å²) < 4.78 is 5.38. The minimum absolute atomic E-state index is 0.0263. The summed E-state index contributed by atoms with van der Waals surface area (Å²) in [5.41, 5.74) is 1.20. The van der Waals surface area contributed by atoms with Crippen LogP contribution in [0, 0.1) is 17.2 Å². The minimum atomic E-state index is 0.0263. The normalized spacial score (nSPS) is 20.3. The second kappa shape index (κ2) is 6.67. The summed E-state index contributed by atoms with van der Waals surface area (Å²) in [5, 5.41) is 12.9. The highest BCUT2D eigenvalue weighted by molar-refractivity contribution is 5.94. The lowest BCUT2D eigenvalue weighted by Crippen LogP contribution is -2.40. The maximum atomic E-state index is 12.7. The van der Waals surface area contributed by atoms with Gasteiger partial charge in [-0.2, -0.15) is 10.2 Å². The van der Waals surface area contributed by atoms with E-state index < -0.39 is 0 Å². The average molecular weight is 336 g/mol. The molecule has 0 radical (unpaired) electrons. The number of rotatable bonds is 4. The van der Waals surface area contributed by atoms with Gasteiger partial charge < -0.3 is 9.42 Å². The van der Waals surface area contributed by atoms with E-state index in [1.165, 1.54) is 0 Å². The minimum Gasteiger partial charge on any atom is -0.339 e. The van der Waals surface area contributed by atoms with Crippen molar-refractivity contribution < 1.29 is 9.32 Å². The van der Waals surface area contributed by atoms with Crippen molar-refractivity contribution in [3.05, 3.63) is 47.1 Å². The molecule has 1 atom stereocenters. The van der Waals surface area contributed by atoms with Gasteiger partial charge in [-0.3, -0.25) is 4.79 Å². The number of hydrogen-bond acceptors (Lipinski definition) is 5. The van der Waals surface area contributed by atoms with E-state index in [1.54, 1.807) is 24.3 Å². The van der Waals surface area contributed by atoms with Gasteiger partial charge in [0, 0.05) is 31.0 Å². The highest BCUT2D eigenvalue weighted by Crippen LogP contribution is 2.38. The first kappa shape index (κ1) is 15.8. The molecule has 2 aromatic rings. The number of nitrogens with zero attached hydrogens (tertiary/aromatic N) is 4. The largest absolute Gasteiger partial charge is 0.339 e. The van der Waals surface area contributed by atoms with Crippen LogP contribution in [0.1, 0.15) is 59.2 Å². The molecule has 1 saturated heterocycles. The molecule has 4 rings (SSSR count). The molecule has 0 bridgehead atoms. The first-order chi connectivity index (χ1) is 12.2. The van der Waals surface area contributed by atoms with E-state index in [2.05, 4.69) is 16.2 Å². The maximum absolute atomic E-state index is 12.7. The van der Waals surface area contributed by atoms with Gasteiger partial charge >= 0.3 is 0 Å². The lowest BCUT2D eigenvalue weighted by Gasteiger charge is -2.32. The first-order valence-electron chi connectivity index (χ1n) is 8.85. The van der Waals surface area contributed by atoms with Gasteiger partial charge in [0.05, 0.1) is 11.6 Å². The van der Waals surface area contributed by atoms with Crippen molar-refractivity contribution in [1.29, 1.82) is 5.26 Å². The fraction of sp³-hybridized carbons (Fsp3) is 0.474. The van der Waals surface area contributed by atoms with Crippen LogP contribution in [0.4, 0.5) is 0 Å². The van der Waals surface area contributed by atoms with Gasteiger partial charge in [-0.05, 0) is 55.9 Å². The van der Waals surface area contributed by atoms with Crippen molar-refractivity contribution in [3.63, 3.8) is 0 Å². The van der Waals surface area contributed by atoms with Crippen LogP contribution in [0.2, 0.25) is 0 Å². The summed E-state index contributed by atoms with van der Waals surface area (Å²) in [6, 6.07) is 8.90. The van der Waals surface area contributed by atoms with Crippen LogP contribution in [0.15, 0.2) is 28.8 Å². The molecule has 1 aromatic heterocycles. The van der Waals surface area contributed by atoms with Gasteiger partial charge in [0.2, 0.25) is 5.89 Å². The van der Waals surface area contributed by atoms with Crippen LogP contribution in [0.5, 0.6) is 0 Å². The zero-order valence-electron chi connectivity index (χ0n) is 14.0. The fourth-order valence-electron chi connectivity index (χ4n) is 3.39. The topological polar surface area (TPSA) is 83.0 Å². The number of likely N-dealkylation sites (tertiary alicyclic amines) is 1. The Labute approximate surface area is 146 Å². The van der Waals surface area contributed by atoms with Gasteiger partial charge in [-0.1, -0.05) is 5.16 Å². The monoisotopic (exact) mass is 336 g/mol. The van der Waals surface area contributed by atoms with Crippen molar-refractivity contribution in [2.45, 2.75) is 38.0 Å². The third-order valence-corrected chi connectivity index (χ3v) is 4.96. The number of piperidine rings is 1. The number of hydrogen-bond donors (Lipinski definition) is 0. The van der Waals surface area contributed by atoms with Crippen LogP contribution in [0.25, 0.3) is 0 Å². The summed E-state index contributed by atoms with van der Waals surface area (Å²) in [6.07, 6.45) is 5.11. The molecule has 0 unspecified atom stereocenters. The molecule has 0 spiro atoms. The molecular formula is C19H20N4O2.